The molecule has 0 amide bonds. The first kappa shape index (κ1) is 22.3. The molecular formula is C30H25NO5. The number of benzene rings is 3. The van der Waals surface area contributed by atoms with Crippen molar-refractivity contribution < 1.29 is 23.9 Å². The molecule has 0 aromatic heterocycles. The highest BCUT2D eigenvalue weighted by atomic mass is 16.5. The van der Waals surface area contributed by atoms with Crippen LogP contribution in [0.15, 0.2) is 78.9 Å². The standard InChI is InChI=1S/C30H25NO5/c1-3-36-29(34)26-25(19-12-15-20(35-2)16-13-19)30(27(32)21-9-5-6-10-22(21)28(30)33)24-17-14-18-8-4-7-11-23(18)31(24)26/h4-17,24-26H,3H2,1-2H3/t24-,25-,26+/m0/s1. The van der Waals surface area contributed by atoms with Crippen molar-refractivity contribution in [3.8, 4) is 5.75 Å². The van der Waals surface area contributed by atoms with E-state index in [2.05, 4.69) is 0 Å². The summed E-state index contributed by atoms with van der Waals surface area (Å²) in [5.41, 5.74) is 1.72. The van der Waals surface area contributed by atoms with E-state index in [1.807, 2.05) is 53.5 Å². The summed E-state index contributed by atoms with van der Waals surface area (Å²) in [6, 6.07) is 20.4. The fourth-order valence-corrected chi connectivity index (χ4v) is 6.30. The van der Waals surface area contributed by atoms with Gasteiger partial charge in [-0.2, -0.15) is 0 Å². The van der Waals surface area contributed by atoms with Crippen LogP contribution in [0.1, 0.15) is 44.7 Å². The fraction of sp³-hybridized carbons (Fsp3) is 0.233. The van der Waals surface area contributed by atoms with Crippen LogP contribution in [0.3, 0.4) is 0 Å². The first-order valence-corrected chi connectivity index (χ1v) is 12.1. The van der Waals surface area contributed by atoms with Gasteiger partial charge in [0.2, 0.25) is 0 Å². The molecule has 0 unspecified atom stereocenters. The highest BCUT2D eigenvalue weighted by Gasteiger charge is 2.71. The van der Waals surface area contributed by atoms with Crippen molar-refractivity contribution in [3.63, 3.8) is 0 Å². The summed E-state index contributed by atoms with van der Waals surface area (Å²) < 4.78 is 10.9. The second-order valence-electron chi connectivity index (χ2n) is 9.29. The Kier molecular flexibility index (Phi) is 5.07. The van der Waals surface area contributed by atoms with Gasteiger partial charge in [0, 0.05) is 22.7 Å². The maximum atomic E-state index is 14.4. The predicted molar refractivity (Wildman–Crippen MR) is 135 cm³/mol. The van der Waals surface area contributed by atoms with Gasteiger partial charge in [0.05, 0.1) is 19.8 Å². The first-order valence-electron chi connectivity index (χ1n) is 12.1. The number of hydrogen-bond donors (Lipinski definition) is 0. The Labute approximate surface area is 209 Å². The van der Waals surface area contributed by atoms with Gasteiger partial charge < -0.3 is 14.4 Å². The third kappa shape index (κ3) is 2.81. The average Bonchev–Trinajstić information content (AvgIpc) is 3.35. The van der Waals surface area contributed by atoms with Crippen LogP contribution in [0.25, 0.3) is 6.08 Å². The van der Waals surface area contributed by atoms with Gasteiger partial charge in [0.25, 0.3) is 0 Å². The molecule has 1 spiro atoms. The number of carbonyl (C=O) groups excluding carboxylic acids is 3. The van der Waals surface area contributed by atoms with Crippen LogP contribution in [-0.2, 0) is 9.53 Å². The van der Waals surface area contributed by atoms with Gasteiger partial charge in [-0.05, 0) is 36.2 Å². The molecule has 180 valence electrons. The Hall–Kier alpha value is -4.19. The average molecular weight is 480 g/mol. The van der Waals surface area contributed by atoms with Gasteiger partial charge in [0.15, 0.2) is 11.6 Å². The maximum absolute atomic E-state index is 14.4. The predicted octanol–water partition coefficient (Wildman–Crippen LogP) is 4.69. The third-order valence-electron chi connectivity index (χ3n) is 7.72. The van der Waals surface area contributed by atoms with Crippen LogP contribution in [0, 0.1) is 5.41 Å². The zero-order chi connectivity index (χ0) is 25.0. The summed E-state index contributed by atoms with van der Waals surface area (Å²) in [6.07, 6.45) is 3.85. The van der Waals surface area contributed by atoms with E-state index in [1.165, 1.54) is 0 Å². The largest absolute Gasteiger partial charge is 0.497 e. The fourth-order valence-electron chi connectivity index (χ4n) is 6.30. The molecular weight excluding hydrogens is 454 g/mol. The van der Waals surface area contributed by atoms with Gasteiger partial charge in [-0.1, -0.05) is 66.7 Å². The summed E-state index contributed by atoms with van der Waals surface area (Å²) in [5.74, 6) is -1.09. The first-order chi connectivity index (χ1) is 17.5. The van der Waals surface area contributed by atoms with Crippen molar-refractivity contribution in [1.82, 2.24) is 0 Å². The molecule has 0 bridgehead atoms. The van der Waals surface area contributed by atoms with E-state index in [0.717, 1.165) is 11.3 Å². The quantitative estimate of drug-likeness (QED) is 0.399. The molecule has 1 aliphatic carbocycles. The smallest absolute Gasteiger partial charge is 0.329 e. The lowest BCUT2D eigenvalue weighted by Gasteiger charge is -2.36. The van der Waals surface area contributed by atoms with Crippen molar-refractivity contribution >= 4 is 29.3 Å². The zero-order valence-corrected chi connectivity index (χ0v) is 20.0. The minimum atomic E-state index is -1.51. The lowest BCUT2D eigenvalue weighted by atomic mass is 9.65. The van der Waals surface area contributed by atoms with E-state index in [1.54, 1.807) is 50.4 Å². The molecule has 3 aromatic carbocycles. The Morgan fingerprint density at radius 1 is 0.917 bits per heavy atom. The molecule has 1 fully saturated rings. The second kappa shape index (κ2) is 8.19. The van der Waals surface area contributed by atoms with E-state index < -0.39 is 29.4 Å². The molecule has 3 atom stereocenters. The number of ether oxygens (including phenoxy) is 2. The van der Waals surface area contributed by atoms with Gasteiger partial charge in [-0.15, -0.1) is 0 Å². The van der Waals surface area contributed by atoms with E-state index in [0.29, 0.717) is 22.4 Å². The SMILES string of the molecule is CCOC(=O)[C@H]1[C@H](c2ccc(OC)cc2)C2(C(=O)c3ccccc3C2=O)[C@@H]2C=Cc3ccccc3N21. The van der Waals surface area contributed by atoms with Crippen LogP contribution in [0.4, 0.5) is 5.69 Å². The van der Waals surface area contributed by atoms with Crippen molar-refractivity contribution in [1.29, 1.82) is 0 Å². The number of para-hydroxylation sites is 1. The number of methoxy groups -OCH3 is 1. The summed E-state index contributed by atoms with van der Waals surface area (Å²) in [6.45, 7) is 1.95. The minimum absolute atomic E-state index is 0.190. The van der Waals surface area contributed by atoms with Gasteiger partial charge >= 0.3 is 5.97 Å². The van der Waals surface area contributed by atoms with Crippen molar-refractivity contribution in [2.75, 3.05) is 18.6 Å². The number of ketones is 2. The molecule has 0 N–H and O–H groups in total. The van der Waals surface area contributed by atoms with Crippen LogP contribution in [-0.4, -0.2) is 43.3 Å². The minimum Gasteiger partial charge on any atom is -0.497 e. The number of fused-ring (bicyclic) bond motifs is 5. The number of carbonyl (C=O) groups is 3. The van der Waals surface area contributed by atoms with Crippen molar-refractivity contribution in [2.24, 2.45) is 5.41 Å². The van der Waals surface area contributed by atoms with E-state index >= 15 is 0 Å². The number of rotatable bonds is 4. The highest BCUT2D eigenvalue weighted by Crippen LogP contribution is 2.60. The number of Topliss-reactive ketones (excluding diaryl/α,β-unsaturated/α-hetero) is 2. The molecule has 0 saturated carbocycles. The third-order valence-corrected chi connectivity index (χ3v) is 7.72. The van der Waals surface area contributed by atoms with Gasteiger partial charge in [0.1, 0.15) is 17.2 Å². The van der Waals surface area contributed by atoms with E-state index in [9.17, 15) is 14.4 Å². The Bertz CT molecular complexity index is 1390. The molecule has 0 radical (unpaired) electrons. The molecule has 3 aliphatic rings. The molecule has 2 aliphatic heterocycles. The van der Waals surface area contributed by atoms with Crippen molar-refractivity contribution in [3.05, 3.63) is 101 Å². The molecule has 6 nitrogen and oxygen atoms in total. The Morgan fingerprint density at radius 3 is 2.19 bits per heavy atom. The zero-order valence-electron chi connectivity index (χ0n) is 20.0. The lowest BCUT2D eigenvalue weighted by molar-refractivity contribution is -0.145. The Balaban J connectivity index is 1.66. The number of nitrogens with zero attached hydrogens (tertiary/aromatic N) is 1. The molecule has 36 heavy (non-hydrogen) atoms. The molecule has 6 heteroatoms. The van der Waals surface area contributed by atoms with E-state index in [-0.39, 0.29) is 18.2 Å². The topological polar surface area (TPSA) is 72.9 Å². The highest BCUT2D eigenvalue weighted by molar-refractivity contribution is 6.32. The Morgan fingerprint density at radius 2 is 1.56 bits per heavy atom. The lowest BCUT2D eigenvalue weighted by Crippen LogP contribution is -2.48. The number of esters is 1. The van der Waals surface area contributed by atoms with Crippen LogP contribution in [0.2, 0.25) is 0 Å². The normalized spacial score (nSPS) is 22.8. The van der Waals surface area contributed by atoms with Gasteiger partial charge in [-0.3, -0.25) is 9.59 Å². The summed E-state index contributed by atoms with van der Waals surface area (Å²) in [7, 11) is 1.58. The van der Waals surface area contributed by atoms with E-state index in [4.69, 9.17) is 9.47 Å². The maximum Gasteiger partial charge on any atom is 0.329 e. The monoisotopic (exact) mass is 479 g/mol. The summed E-state index contributed by atoms with van der Waals surface area (Å²) in [4.78, 5) is 44.4. The second-order valence-corrected chi connectivity index (χ2v) is 9.29. The number of hydrogen-bond acceptors (Lipinski definition) is 6. The van der Waals surface area contributed by atoms with Crippen LogP contribution < -0.4 is 9.64 Å². The van der Waals surface area contributed by atoms with Gasteiger partial charge in [-0.25, -0.2) is 4.79 Å². The number of anilines is 1. The van der Waals surface area contributed by atoms with Crippen LogP contribution in [0.5, 0.6) is 5.75 Å². The molecule has 3 aromatic rings. The molecule has 6 rings (SSSR count). The summed E-state index contributed by atoms with van der Waals surface area (Å²) in [5, 5.41) is 0. The van der Waals surface area contributed by atoms with Crippen LogP contribution >= 0.6 is 0 Å². The van der Waals surface area contributed by atoms with Crippen molar-refractivity contribution in [2.45, 2.75) is 24.9 Å². The molecule has 2 heterocycles. The molecule has 1 saturated heterocycles. The summed E-state index contributed by atoms with van der Waals surface area (Å²) >= 11 is 0.